The van der Waals surface area contributed by atoms with Crippen LogP contribution < -0.4 is 0 Å². The van der Waals surface area contributed by atoms with Gasteiger partial charge in [-0.3, -0.25) is 0 Å². The Morgan fingerprint density at radius 3 is 1.97 bits per heavy atom. The normalized spacial score (nSPS) is 17.8. The van der Waals surface area contributed by atoms with Crippen molar-refractivity contribution in [1.82, 2.24) is 0 Å². The zero-order chi connectivity index (χ0) is 26.2. The van der Waals surface area contributed by atoms with Crippen LogP contribution in [-0.2, 0) is 11.2 Å². The van der Waals surface area contributed by atoms with Gasteiger partial charge in [-0.2, -0.15) is 0 Å². The summed E-state index contributed by atoms with van der Waals surface area (Å²) < 4.78 is 50.2. The van der Waals surface area contributed by atoms with Crippen LogP contribution in [0.1, 0.15) is 88.2 Å². The Labute approximate surface area is 220 Å². The van der Waals surface area contributed by atoms with Crippen molar-refractivity contribution < 1.29 is 17.9 Å². The molecule has 0 unspecified atom stereocenters. The smallest absolute Gasteiger partial charge is 0.166 e. The van der Waals surface area contributed by atoms with Gasteiger partial charge in [0.25, 0.3) is 0 Å². The highest BCUT2D eigenvalue weighted by Crippen LogP contribution is 2.36. The minimum Gasteiger partial charge on any atom is -0.381 e. The minimum absolute atomic E-state index is 0.234. The van der Waals surface area contributed by atoms with E-state index < -0.39 is 11.6 Å². The van der Waals surface area contributed by atoms with Gasteiger partial charge in [-0.15, -0.1) is 0 Å². The fourth-order valence-electron chi connectivity index (χ4n) is 5.58. The molecule has 0 atom stereocenters. The van der Waals surface area contributed by atoms with Crippen molar-refractivity contribution >= 4 is 0 Å². The van der Waals surface area contributed by atoms with E-state index in [-0.39, 0.29) is 11.4 Å². The fraction of sp³-hybridized carbons (Fsp3) is 0.455. The molecule has 0 radical (unpaired) electrons. The zero-order valence-corrected chi connectivity index (χ0v) is 22.2. The van der Waals surface area contributed by atoms with E-state index in [1.807, 2.05) is 12.1 Å². The third kappa shape index (κ3) is 6.84. The highest BCUT2D eigenvalue weighted by molar-refractivity contribution is 5.71. The summed E-state index contributed by atoms with van der Waals surface area (Å²) in [6.45, 7) is 2.18. The van der Waals surface area contributed by atoms with Gasteiger partial charge in [0.15, 0.2) is 11.6 Å². The number of ether oxygens (including phenoxy) is 1. The molecule has 3 aromatic carbocycles. The SMILES string of the molecule is CCCCCCCCc1ccc(-c2ccc(-c3ccc(C4CCC(OC)CC4)cc3F)cc2)c(F)c1F. The maximum atomic E-state index is 15.1. The predicted molar refractivity (Wildman–Crippen MR) is 146 cm³/mol. The summed E-state index contributed by atoms with van der Waals surface area (Å²) in [5.74, 6) is -1.46. The van der Waals surface area contributed by atoms with Crippen LogP contribution in [0.4, 0.5) is 13.2 Å². The molecule has 37 heavy (non-hydrogen) atoms. The number of hydrogen-bond donors (Lipinski definition) is 0. The van der Waals surface area contributed by atoms with Gasteiger partial charge in [-0.25, -0.2) is 13.2 Å². The largest absolute Gasteiger partial charge is 0.381 e. The second-order valence-electron chi connectivity index (χ2n) is 10.4. The standard InChI is InChI=1S/C33H39F3O/c1-3-4-5-6-7-8-9-26-16-21-30(33(36)32(26)35)25-12-10-24(11-13-25)29-20-17-27(22-31(29)34)23-14-18-28(37-2)19-15-23/h10-13,16-17,20-23,28H,3-9,14-15,18-19H2,1-2H3. The van der Waals surface area contributed by atoms with E-state index in [1.54, 1.807) is 49.6 Å². The molecule has 0 aromatic heterocycles. The van der Waals surface area contributed by atoms with Gasteiger partial charge >= 0.3 is 0 Å². The number of methoxy groups -OCH3 is 1. The summed E-state index contributed by atoms with van der Waals surface area (Å²) in [7, 11) is 1.75. The highest BCUT2D eigenvalue weighted by atomic mass is 19.2. The second kappa shape index (κ2) is 13.3. The molecule has 0 aliphatic heterocycles. The molecule has 1 fully saturated rings. The molecule has 1 saturated carbocycles. The number of unbranched alkanes of at least 4 members (excludes halogenated alkanes) is 5. The van der Waals surface area contributed by atoms with Gasteiger partial charge in [-0.05, 0) is 72.8 Å². The highest BCUT2D eigenvalue weighted by Gasteiger charge is 2.23. The van der Waals surface area contributed by atoms with Gasteiger partial charge in [0.05, 0.1) is 6.10 Å². The van der Waals surface area contributed by atoms with Crippen LogP contribution in [0.3, 0.4) is 0 Å². The Balaban J connectivity index is 1.42. The molecule has 4 rings (SSSR count). The first-order valence-corrected chi connectivity index (χ1v) is 13.9. The molecule has 198 valence electrons. The molecule has 0 bridgehead atoms. The molecule has 3 aromatic rings. The van der Waals surface area contributed by atoms with E-state index in [1.165, 1.54) is 19.3 Å². The van der Waals surface area contributed by atoms with Gasteiger partial charge in [-0.1, -0.05) is 87.6 Å². The molecular formula is C33H39F3O. The van der Waals surface area contributed by atoms with E-state index in [4.69, 9.17) is 4.74 Å². The van der Waals surface area contributed by atoms with Crippen LogP contribution in [0.5, 0.6) is 0 Å². The number of halogens is 3. The third-order valence-electron chi connectivity index (χ3n) is 7.94. The third-order valence-corrected chi connectivity index (χ3v) is 7.94. The van der Waals surface area contributed by atoms with E-state index in [0.717, 1.165) is 56.1 Å². The summed E-state index contributed by atoms with van der Waals surface area (Å²) in [5, 5.41) is 0. The summed E-state index contributed by atoms with van der Waals surface area (Å²) in [6.07, 6.45) is 11.6. The summed E-state index contributed by atoms with van der Waals surface area (Å²) in [4.78, 5) is 0. The molecule has 0 spiro atoms. The summed E-state index contributed by atoms with van der Waals surface area (Å²) in [6, 6.07) is 15.9. The number of aryl methyl sites for hydroxylation is 1. The Morgan fingerprint density at radius 1 is 0.703 bits per heavy atom. The van der Waals surface area contributed by atoms with Gasteiger partial charge in [0.1, 0.15) is 5.82 Å². The van der Waals surface area contributed by atoms with Gasteiger partial charge in [0, 0.05) is 18.2 Å². The number of rotatable bonds is 11. The van der Waals surface area contributed by atoms with Crippen LogP contribution >= 0.6 is 0 Å². The van der Waals surface area contributed by atoms with Gasteiger partial charge < -0.3 is 4.74 Å². The van der Waals surface area contributed by atoms with Crippen LogP contribution in [0.25, 0.3) is 22.3 Å². The first-order valence-electron chi connectivity index (χ1n) is 13.9. The van der Waals surface area contributed by atoms with Crippen LogP contribution in [-0.4, -0.2) is 13.2 Å². The first-order chi connectivity index (χ1) is 18.0. The van der Waals surface area contributed by atoms with Crippen molar-refractivity contribution in [2.45, 2.75) is 89.6 Å². The van der Waals surface area contributed by atoms with E-state index >= 15 is 4.39 Å². The second-order valence-corrected chi connectivity index (χ2v) is 10.4. The molecule has 0 saturated heterocycles. The van der Waals surface area contributed by atoms with Crippen LogP contribution in [0.2, 0.25) is 0 Å². The average Bonchev–Trinajstić information content (AvgIpc) is 2.93. The molecular weight excluding hydrogens is 469 g/mol. The maximum Gasteiger partial charge on any atom is 0.166 e. The molecule has 0 amide bonds. The van der Waals surface area contributed by atoms with Crippen molar-refractivity contribution in [3.8, 4) is 22.3 Å². The topological polar surface area (TPSA) is 9.23 Å². The predicted octanol–water partition coefficient (Wildman–Crippen LogP) is 10.0. The Kier molecular flexibility index (Phi) is 9.85. The zero-order valence-electron chi connectivity index (χ0n) is 22.2. The lowest BCUT2D eigenvalue weighted by atomic mass is 9.82. The number of hydrogen-bond acceptors (Lipinski definition) is 1. The van der Waals surface area contributed by atoms with Crippen molar-refractivity contribution in [2.24, 2.45) is 0 Å². The van der Waals surface area contributed by atoms with Crippen molar-refractivity contribution in [3.63, 3.8) is 0 Å². The molecule has 1 nitrogen and oxygen atoms in total. The molecule has 4 heteroatoms. The van der Waals surface area contributed by atoms with E-state index in [9.17, 15) is 8.78 Å². The minimum atomic E-state index is -0.810. The molecule has 1 aliphatic carbocycles. The number of benzene rings is 3. The van der Waals surface area contributed by atoms with Crippen LogP contribution in [0, 0.1) is 17.5 Å². The quantitative estimate of drug-likeness (QED) is 0.234. The van der Waals surface area contributed by atoms with Crippen molar-refractivity contribution in [2.75, 3.05) is 7.11 Å². The average molecular weight is 509 g/mol. The van der Waals surface area contributed by atoms with Crippen LogP contribution in [0.15, 0.2) is 54.6 Å². The fourth-order valence-corrected chi connectivity index (χ4v) is 5.58. The lowest BCUT2D eigenvalue weighted by Crippen LogP contribution is -2.19. The molecule has 0 N–H and O–H groups in total. The van der Waals surface area contributed by atoms with Crippen molar-refractivity contribution in [1.29, 1.82) is 0 Å². The van der Waals surface area contributed by atoms with E-state index in [0.29, 0.717) is 35.1 Å². The van der Waals surface area contributed by atoms with Crippen molar-refractivity contribution in [3.05, 3.63) is 83.2 Å². The Bertz CT molecular complexity index is 1150. The lowest BCUT2D eigenvalue weighted by Gasteiger charge is -2.28. The van der Waals surface area contributed by atoms with E-state index in [2.05, 4.69) is 6.92 Å². The molecule has 1 aliphatic rings. The van der Waals surface area contributed by atoms with Gasteiger partial charge in [0.2, 0.25) is 0 Å². The molecule has 0 heterocycles. The first kappa shape index (κ1) is 27.4. The maximum absolute atomic E-state index is 15.1. The Hall–Kier alpha value is -2.59. The Morgan fingerprint density at radius 2 is 1.32 bits per heavy atom. The lowest BCUT2D eigenvalue weighted by molar-refractivity contribution is 0.0658. The monoisotopic (exact) mass is 508 g/mol. The summed E-state index contributed by atoms with van der Waals surface area (Å²) >= 11 is 0. The summed E-state index contributed by atoms with van der Waals surface area (Å²) in [5.41, 5.74) is 3.52.